The van der Waals surface area contributed by atoms with Gasteiger partial charge in [0.2, 0.25) is 0 Å². The molecule has 1 rings (SSSR count). The minimum absolute atomic E-state index is 0.0835. The van der Waals surface area contributed by atoms with Crippen molar-refractivity contribution in [3.05, 3.63) is 34.1 Å². The van der Waals surface area contributed by atoms with Gasteiger partial charge in [0, 0.05) is 16.9 Å². The fourth-order valence-corrected chi connectivity index (χ4v) is 1.79. The second kappa shape index (κ2) is 6.11. The molecule has 1 atom stereocenters. The van der Waals surface area contributed by atoms with E-state index in [1.807, 2.05) is 6.92 Å². The van der Waals surface area contributed by atoms with Gasteiger partial charge in [0.15, 0.2) is 5.78 Å². The average Bonchev–Trinajstić information content (AvgIpc) is 2.21. The second-order valence-corrected chi connectivity index (χ2v) is 4.83. The van der Waals surface area contributed by atoms with Crippen LogP contribution in [0.3, 0.4) is 0 Å². The van der Waals surface area contributed by atoms with Crippen molar-refractivity contribution in [2.75, 3.05) is 0 Å². The van der Waals surface area contributed by atoms with Gasteiger partial charge in [-0.25, -0.2) is 4.39 Å². The molecule has 4 heteroatoms. The number of hydrogen-bond donors (Lipinski definition) is 1. The summed E-state index contributed by atoms with van der Waals surface area (Å²) in [6.45, 7) is 1.89. The maximum atomic E-state index is 13.3. The minimum Gasteiger partial charge on any atom is -0.328 e. The molecule has 0 fully saturated rings. The Morgan fingerprint density at radius 3 is 2.88 bits per heavy atom. The molecular weight excluding hydrogens is 273 g/mol. The van der Waals surface area contributed by atoms with E-state index in [0.29, 0.717) is 17.3 Å². The summed E-state index contributed by atoms with van der Waals surface area (Å²) >= 11 is 3.22. The van der Waals surface area contributed by atoms with Gasteiger partial charge in [-0.15, -0.1) is 0 Å². The van der Waals surface area contributed by atoms with Crippen LogP contribution >= 0.6 is 15.9 Å². The van der Waals surface area contributed by atoms with E-state index in [0.717, 1.165) is 6.42 Å². The zero-order valence-electron chi connectivity index (χ0n) is 9.17. The fraction of sp³-hybridized carbons (Fsp3) is 0.417. The molecule has 0 aromatic heterocycles. The highest BCUT2D eigenvalue weighted by Gasteiger charge is 2.11. The van der Waals surface area contributed by atoms with Gasteiger partial charge in [0.1, 0.15) is 5.82 Å². The maximum absolute atomic E-state index is 13.3. The second-order valence-electron chi connectivity index (χ2n) is 3.92. The van der Waals surface area contributed by atoms with Crippen LogP contribution in [0.25, 0.3) is 0 Å². The predicted molar refractivity (Wildman–Crippen MR) is 65.9 cm³/mol. The molecule has 2 nitrogen and oxygen atoms in total. The fourth-order valence-electron chi connectivity index (χ4n) is 1.43. The topological polar surface area (TPSA) is 43.1 Å². The van der Waals surface area contributed by atoms with Gasteiger partial charge in [0.05, 0.1) is 5.56 Å². The first-order valence-electron chi connectivity index (χ1n) is 5.24. The van der Waals surface area contributed by atoms with Crippen molar-refractivity contribution in [3.63, 3.8) is 0 Å². The lowest BCUT2D eigenvalue weighted by atomic mass is 10.0. The molecule has 0 spiro atoms. The molecule has 16 heavy (non-hydrogen) atoms. The van der Waals surface area contributed by atoms with Gasteiger partial charge in [-0.3, -0.25) is 4.79 Å². The standard InChI is InChI=1S/C12H15BrFNO/c1-8(15)3-2-4-12(16)10-7-9(13)5-6-11(10)14/h5-8H,2-4,15H2,1H3. The Balaban J connectivity index is 2.62. The first-order chi connectivity index (χ1) is 7.50. The van der Waals surface area contributed by atoms with Crippen molar-refractivity contribution < 1.29 is 9.18 Å². The van der Waals surface area contributed by atoms with Crippen LogP contribution in [-0.2, 0) is 0 Å². The SMILES string of the molecule is CC(N)CCCC(=O)c1cc(Br)ccc1F. The van der Waals surface area contributed by atoms with E-state index in [9.17, 15) is 9.18 Å². The predicted octanol–water partition coefficient (Wildman–Crippen LogP) is 3.29. The van der Waals surface area contributed by atoms with Crippen LogP contribution < -0.4 is 5.73 Å². The molecule has 0 radical (unpaired) electrons. The van der Waals surface area contributed by atoms with Gasteiger partial charge < -0.3 is 5.73 Å². The quantitative estimate of drug-likeness (QED) is 0.845. The molecule has 0 aliphatic heterocycles. The van der Waals surface area contributed by atoms with E-state index in [1.165, 1.54) is 12.1 Å². The number of halogens is 2. The number of carbonyl (C=O) groups excluding carboxylic acids is 1. The first-order valence-corrected chi connectivity index (χ1v) is 6.04. The number of rotatable bonds is 5. The Kier molecular flexibility index (Phi) is 5.09. The van der Waals surface area contributed by atoms with Crippen LogP contribution in [0.15, 0.2) is 22.7 Å². The van der Waals surface area contributed by atoms with E-state index in [1.54, 1.807) is 6.07 Å². The molecule has 1 aromatic carbocycles. The minimum atomic E-state index is -0.464. The summed E-state index contributed by atoms with van der Waals surface area (Å²) < 4.78 is 14.1. The third kappa shape index (κ3) is 4.02. The summed E-state index contributed by atoms with van der Waals surface area (Å²) in [4.78, 5) is 11.7. The summed E-state index contributed by atoms with van der Waals surface area (Å²) in [5, 5.41) is 0. The first kappa shape index (κ1) is 13.3. The molecule has 88 valence electrons. The van der Waals surface area contributed by atoms with Gasteiger partial charge in [-0.2, -0.15) is 0 Å². The number of carbonyl (C=O) groups is 1. The van der Waals surface area contributed by atoms with Crippen molar-refractivity contribution in [1.82, 2.24) is 0 Å². The zero-order chi connectivity index (χ0) is 12.1. The molecule has 0 bridgehead atoms. The molecular formula is C12H15BrFNO. The van der Waals surface area contributed by atoms with Crippen LogP contribution in [0.2, 0.25) is 0 Å². The van der Waals surface area contributed by atoms with Crippen molar-refractivity contribution in [2.24, 2.45) is 5.73 Å². The summed E-state index contributed by atoms with van der Waals surface area (Å²) in [5.74, 6) is -0.631. The third-order valence-corrected chi connectivity index (χ3v) is 2.79. The number of hydrogen-bond acceptors (Lipinski definition) is 2. The lowest BCUT2D eigenvalue weighted by molar-refractivity contribution is 0.0975. The molecule has 0 saturated heterocycles. The smallest absolute Gasteiger partial charge is 0.165 e. The average molecular weight is 288 g/mol. The molecule has 0 amide bonds. The maximum Gasteiger partial charge on any atom is 0.165 e. The Labute approximate surface area is 103 Å². The van der Waals surface area contributed by atoms with Crippen molar-refractivity contribution in [2.45, 2.75) is 32.2 Å². The van der Waals surface area contributed by atoms with Crippen molar-refractivity contribution in [3.8, 4) is 0 Å². The zero-order valence-corrected chi connectivity index (χ0v) is 10.8. The van der Waals surface area contributed by atoms with Crippen LogP contribution in [0.5, 0.6) is 0 Å². The molecule has 1 unspecified atom stereocenters. The van der Waals surface area contributed by atoms with Gasteiger partial charge in [0.25, 0.3) is 0 Å². The van der Waals surface area contributed by atoms with Crippen LogP contribution in [-0.4, -0.2) is 11.8 Å². The Bertz CT molecular complexity index is 379. The van der Waals surface area contributed by atoms with Crippen LogP contribution in [0, 0.1) is 5.82 Å². The van der Waals surface area contributed by atoms with E-state index < -0.39 is 5.82 Å². The van der Waals surface area contributed by atoms with Crippen molar-refractivity contribution in [1.29, 1.82) is 0 Å². The molecule has 2 N–H and O–H groups in total. The van der Waals surface area contributed by atoms with Crippen LogP contribution in [0.4, 0.5) is 4.39 Å². The van der Waals surface area contributed by atoms with E-state index >= 15 is 0 Å². The number of ketones is 1. The summed E-state index contributed by atoms with van der Waals surface area (Å²) in [5.41, 5.74) is 5.73. The molecule has 0 heterocycles. The van der Waals surface area contributed by atoms with Gasteiger partial charge in [-0.1, -0.05) is 15.9 Å². The molecule has 0 aliphatic rings. The van der Waals surface area contributed by atoms with Gasteiger partial charge >= 0.3 is 0 Å². The summed E-state index contributed by atoms with van der Waals surface area (Å²) in [7, 11) is 0. The third-order valence-electron chi connectivity index (χ3n) is 2.29. The van der Waals surface area contributed by atoms with E-state index in [2.05, 4.69) is 15.9 Å². The largest absolute Gasteiger partial charge is 0.328 e. The monoisotopic (exact) mass is 287 g/mol. The highest BCUT2D eigenvalue weighted by Crippen LogP contribution is 2.18. The van der Waals surface area contributed by atoms with Gasteiger partial charge in [-0.05, 0) is 38.0 Å². The summed E-state index contributed by atoms with van der Waals surface area (Å²) in [6.07, 6.45) is 1.82. The normalized spacial score (nSPS) is 12.5. The van der Waals surface area contributed by atoms with E-state index in [4.69, 9.17) is 5.73 Å². The lowest BCUT2D eigenvalue weighted by Crippen LogP contribution is -2.15. The van der Waals surface area contributed by atoms with Crippen molar-refractivity contribution >= 4 is 21.7 Å². The molecule has 0 saturated carbocycles. The van der Waals surface area contributed by atoms with E-state index in [-0.39, 0.29) is 17.4 Å². The number of benzene rings is 1. The summed E-state index contributed by atoms with van der Waals surface area (Å²) in [6, 6.07) is 4.47. The highest BCUT2D eigenvalue weighted by atomic mass is 79.9. The number of nitrogens with two attached hydrogens (primary N) is 1. The Hall–Kier alpha value is -0.740. The van der Waals surface area contributed by atoms with Crippen LogP contribution in [0.1, 0.15) is 36.5 Å². The lowest BCUT2D eigenvalue weighted by Gasteiger charge is -2.05. The molecule has 0 aliphatic carbocycles. The highest BCUT2D eigenvalue weighted by molar-refractivity contribution is 9.10. The molecule has 1 aromatic rings. The Morgan fingerprint density at radius 2 is 2.25 bits per heavy atom. The Morgan fingerprint density at radius 1 is 1.56 bits per heavy atom. The number of Topliss-reactive ketones (excluding diaryl/α,β-unsaturated/α-hetero) is 1.